The van der Waals surface area contributed by atoms with Crippen molar-refractivity contribution in [1.82, 2.24) is 14.6 Å². The Balaban J connectivity index is 2.27. The van der Waals surface area contributed by atoms with Crippen LogP contribution in [0.25, 0.3) is 16.9 Å². The summed E-state index contributed by atoms with van der Waals surface area (Å²) in [6, 6.07) is 6.72. The van der Waals surface area contributed by atoms with Crippen LogP contribution in [-0.4, -0.2) is 14.6 Å². The van der Waals surface area contributed by atoms with Gasteiger partial charge in [-0.15, -0.1) is 0 Å². The van der Waals surface area contributed by atoms with Crippen molar-refractivity contribution in [2.45, 2.75) is 13.1 Å². The molecule has 1 aromatic carbocycles. The first kappa shape index (κ1) is 13.4. The first-order valence-corrected chi connectivity index (χ1v) is 6.15. The smallest absolute Gasteiger partial charge is 0.396 e. The van der Waals surface area contributed by atoms with Gasteiger partial charge in [0.05, 0.1) is 28.8 Å². The molecule has 21 heavy (non-hydrogen) atoms. The molecule has 7 heteroatoms. The van der Waals surface area contributed by atoms with Crippen molar-refractivity contribution in [3.05, 3.63) is 47.8 Å². The molecule has 2 N–H and O–H groups in total. The van der Waals surface area contributed by atoms with Gasteiger partial charge in [0.15, 0.2) is 5.65 Å². The highest BCUT2D eigenvalue weighted by atomic mass is 19.4. The van der Waals surface area contributed by atoms with Crippen LogP contribution >= 0.6 is 0 Å². The first-order valence-electron chi connectivity index (χ1n) is 6.15. The van der Waals surface area contributed by atoms with Crippen LogP contribution in [-0.2, 0) is 6.18 Å². The number of nitrogens with zero attached hydrogens (tertiary/aromatic N) is 3. The molecule has 0 bridgehead atoms. The van der Waals surface area contributed by atoms with Gasteiger partial charge in [-0.1, -0.05) is 12.1 Å². The molecular formula is C14H11F3N4. The van der Waals surface area contributed by atoms with E-state index in [4.69, 9.17) is 5.73 Å². The predicted molar refractivity (Wildman–Crippen MR) is 72.6 cm³/mol. The summed E-state index contributed by atoms with van der Waals surface area (Å²) >= 11 is 0. The van der Waals surface area contributed by atoms with Crippen molar-refractivity contribution >= 4 is 11.3 Å². The molecule has 2 heterocycles. The quantitative estimate of drug-likeness (QED) is 0.748. The Hall–Kier alpha value is -2.57. The minimum absolute atomic E-state index is 0.268. The number of alkyl halides is 3. The van der Waals surface area contributed by atoms with E-state index in [2.05, 4.69) is 10.1 Å². The van der Waals surface area contributed by atoms with E-state index in [0.717, 1.165) is 12.1 Å². The average Bonchev–Trinajstić information content (AvgIpc) is 2.78. The Morgan fingerprint density at radius 2 is 1.95 bits per heavy atom. The van der Waals surface area contributed by atoms with Gasteiger partial charge in [-0.05, 0) is 19.1 Å². The highest BCUT2D eigenvalue weighted by molar-refractivity contribution is 5.75. The summed E-state index contributed by atoms with van der Waals surface area (Å²) in [7, 11) is 0. The molecule has 0 fully saturated rings. The van der Waals surface area contributed by atoms with E-state index < -0.39 is 11.7 Å². The predicted octanol–water partition coefficient (Wildman–Crippen LogP) is 3.31. The molecule has 3 aromatic rings. The van der Waals surface area contributed by atoms with E-state index in [1.165, 1.54) is 16.8 Å². The maximum Gasteiger partial charge on any atom is 0.416 e. The van der Waals surface area contributed by atoms with E-state index >= 15 is 0 Å². The van der Waals surface area contributed by atoms with Crippen molar-refractivity contribution < 1.29 is 13.2 Å². The molecule has 0 aliphatic carbocycles. The van der Waals surface area contributed by atoms with E-state index in [1.807, 2.05) is 0 Å². The number of rotatable bonds is 1. The number of hydrogen-bond donors (Lipinski definition) is 1. The van der Waals surface area contributed by atoms with Gasteiger partial charge >= 0.3 is 6.18 Å². The van der Waals surface area contributed by atoms with Crippen molar-refractivity contribution in [2.24, 2.45) is 0 Å². The van der Waals surface area contributed by atoms with Crippen molar-refractivity contribution in [3.63, 3.8) is 0 Å². The standard InChI is InChI=1S/C14H11F3N4/c1-8-5-12-19-7-11(18)13(21(12)20-8)9-3-2-4-10(6-9)14(15,16)17/h2-7H,18H2,1H3. The van der Waals surface area contributed by atoms with Gasteiger partial charge in [0.25, 0.3) is 0 Å². The Kier molecular flexibility index (Phi) is 2.86. The topological polar surface area (TPSA) is 56.2 Å². The molecule has 0 unspecified atom stereocenters. The summed E-state index contributed by atoms with van der Waals surface area (Å²) in [5.41, 5.74) is 7.42. The first-order chi connectivity index (χ1) is 9.86. The zero-order valence-corrected chi connectivity index (χ0v) is 11.0. The molecule has 0 spiro atoms. The maximum atomic E-state index is 12.8. The highest BCUT2D eigenvalue weighted by Gasteiger charge is 2.30. The van der Waals surface area contributed by atoms with Crippen molar-refractivity contribution in [1.29, 1.82) is 0 Å². The molecule has 2 aromatic heterocycles. The third-order valence-corrected chi connectivity index (χ3v) is 3.10. The summed E-state index contributed by atoms with van der Waals surface area (Å²) < 4.78 is 40.0. The normalized spacial score (nSPS) is 12.0. The Bertz CT molecular complexity index is 821. The number of nitrogen functional groups attached to an aromatic ring is 1. The number of halogens is 3. The van der Waals surface area contributed by atoms with Gasteiger partial charge in [0.1, 0.15) is 0 Å². The fourth-order valence-corrected chi connectivity index (χ4v) is 2.19. The summed E-state index contributed by atoms with van der Waals surface area (Å²) in [4.78, 5) is 4.11. The SMILES string of the molecule is Cc1cc2ncc(N)c(-c3cccc(C(F)(F)F)c3)n2n1. The lowest BCUT2D eigenvalue weighted by Crippen LogP contribution is -2.06. The van der Waals surface area contributed by atoms with Gasteiger partial charge in [0, 0.05) is 11.6 Å². The van der Waals surface area contributed by atoms with Crippen LogP contribution in [0.5, 0.6) is 0 Å². The number of anilines is 1. The van der Waals surface area contributed by atoms with Gasteiger partial charge < -0.3 is 5.73 Å². The van der Waals surface area contributed by atoms with Gasteiger partial charge in [-0.2, -0.15) is 18.3 Å². The van der Waals surface area contributed by atoms with E-state index in [1.54, 1.807) is 19.1 Å². The van der Waals surface area contributed by atoms with Crippen molar-refractivity contribution in [3.8, 4) is 11.3 Å². The number of aryl methyl sites for hydroxylation is 1. The summed E-state index contributed by atoms with van der Waals surface area (Å²) in [5, 5.41) is 4.24. The van der Waals surface area contributed by atoms with Crippen molar-refractivity contribution in [2.75, 3.05) is 5.73 Å². The van der Waals surface area contributed by atoms with E-state index in [-0.39, 0.29) is 5.69 Å². The number of hydrogen-bond acceptors (Lipinski definition) is 3. The van der Waals surface area contributed by atoms with E-state index in [0.29, 0.717) is 22.6 Å². The molecule has 3 rings (SSSR count). The molecule has 0 atom stereocenters. The Morgan fingerprint density at radius 3 is 2.67 bits per heavy atom. The minimum Gasteiger partial charge on any atom is -0.396 e. The molecule has 0 radical (unpaired) electrons. The lowest BCUT2D eigenvalue weighted by molar-refractivity contribution is -0.137. The molecular weight excluding hydrogens is 281 g/mol. The molecule has 0 aliphatic heterocycles. The van der Waals surface area contributed by atoms with Crippen LogP contribution < -0.4 is 5.73 Å². The molecule has 108 valence electrons. The summed E-state index contributed by atoms with van der Waals surface area (Å²) in [6.45, 7) is 1.78. The molecule has 4 nitrogen and oxygen atoms in total. The monoisotopic (exact) mass is 292 g/mol. The Morgan fingerprint density at radius 1 is 1.19 bits per heavy atom. The van der Waals surface area contributed by atoms with Crippen LogP contribution in [0, 0.1) is 6.92 Å². The van der Waals surface area contributed by atoms with Crippen LogP contribution in [0.15, 0.2) is 36.5 Å². The van der Waals surface area contributed by atoms with Gasteiger partial charge in [-0.3, -0.25) is 0 Å². The largest absolute Gasteiger partial charge is 0.416 e. The van der Waals surface area contributed by atoms with Crippen LogP contribution in [0.4, 0.5) is 18.9 Å². The van der Waals surface area contributed by atoms with Crippen LogP contribution in [0.1, 0.15) is 11.3 Å². The molecule has 0 aliphatic rings. The van der Waals surface area contributed by atoms with E-state index in [9.17, 15) is 13.2 Å². The minimum atomic E-state index is -4.41. The molecule has 0 saturated heterocycles. The van der Waals surface area contributed by atoms with Gasteiger partial charge in [0.2, 0.25) is 0 Å². The third kappa shape index (κ3) is 2.31. The number of benzene rings is 1. The lowest BCUT2D eigenvalue weighted by atomic mass is 10.1. The fraction of sp³-hybridized carbons (Fsp3) is 0.143. The number of nitrogens with two attached hydrogens (primary N) is 1. The Labute approximate surface area is 118 Å². The zero-order valence-electron chi connectivity index (χ0n) is 11.0. The second-order valence-corrected chi connectivity index (χ2v) is 4.70. The average molecular weight is 292 g/mol. The number of fused-ring (bicyclic) bond motifs is 1. The molecule has 0 saturated carbocycles. The second-order valence-electron chi connectivity index (χ2n) is 4.70. The molecule has 0 amide bonds. The number of aromatic nitrogens is 3. The lowest BCUT2D eigenvalue weighted by Gasteiger charge is -2.11. The highest BCUT2D eigenvalue weighted by Crippen LogP contribution is 2.33. The second kappa shape index (κ2) is 4.47. The third-order valence-electron chi connectivity index (χ3n) is 3.10. The van der Waals surface area contributed by atoms with Gasteiger partial charge in [-0.25, -0.2) is 9.50 Å². The maximum absolute atomic E-state index is 12.8. The van der Waals surface area contributed by atoms with Crippen LogP contribution in [0.2, 0.25) is 0 Å². The summed E-state index contributed by atoms with van der Waals surface area (Å²) in [5.74, 6) is 0. The summed E-state index contributed by atoms with van der Waals surface area (Å²) in [6.07, 6.45) is -2.98. The van der Waals surface area contributed by atoms with Crippen LogP contribution in [0.3, 0.4) is 0 Å². The fourth-order valence-electron chi connectivity index (χ4n) is 2.19. The zero-order chi connectivity index (χ0) is 15.2.